The highest BCUT2D eigenvalue weighted by Gasteiger charge is 2.35. The van der Waals surface area contributed by atoms with E-state index in [1.165, 1.54) is 70.8 Å². The molecule has 0 aromatic rings. The second-order valence-electron chi connectivity index (χ2n) is 6.22. The summed E-state index contributed by atoms with van der Waals surface area (Å²) in [5.41, 5.74) is 0.599. The first kappa shape index (κ1) is 15.0. The Balaban J connectivity index is 2.36. The SMILES string of the molecule is CCCCCCC(NCCC)C1(C)CCCC1. The van der Waals surface area contributed by atoms with Crippen molar-refractivity contribution in [2.45, 2.75) is 91.0 Å². The smallest absolute Gasteiger partial charge is 0.0121 e. The summed E-state index contributed by atoms with van der Waals surface area (Å²) in [6.45, 7) is 8.30. The molecule has 1 fully saturated rings. The van der Waals surface area contributed by atoms with Crippen molar-refractivity contribution in [1.29, 1.82) is 0 Å². The van der Waals surface area contributed by atoms with Crippen molar-refractivity contribution in [1.82, 2.24) is 5.32 Å². The summed E-state index contributed by atoms with van der Waals surface area (Å²) in [6, 6.07) is 0.779. The summed E-state index contributed by atoms with van der Waals surface area (Å²) in [6.07, 6.45) is 14.1. The maximum atomic E-state index is 3.83. The van der Waals surface area contributed by atoms with Crippen molar-refractivity contribution in [2.75, 3.05) is 6.54 Å². The second-order valence-corrected chi connectivity index (χ2v) is 6.22. The Kier molecular flexibility index (Phi) is 7.18. The van der Waals surface area contributed by atoms with Gasteiger partial charge in [0.1, 0.15) is 0 Å². The Morgan fingerprint density at radius 1 is 1.00 bits per heavy atom. The normalized spacial score (nSPS) is 20.6. The molecule has 1 nitrogen and oxygen atoms in total. The Bertz CT molecular complexity index is 182. The van der Waals surface area contributed by atoms with Gasteiger partial charge in [0.15, 0.2) is 0 Å². The van der Waals surface area contributed by atoms with Gasteiger partial charge in [-0.2, -0.15) is 0 Å². The van der Waals surface area contributed by atoms with E-state index < -0.39 is 0 Å². The minimum absolute atomic E-state index is 0.599. The lowest BCUT2D eigenvalue weighted by Crippen LogP contribution is -2.42. The number of rotatable bonds is 9. The maximum Gasteiger partial charge on any atom is 0.0121 e. The largest absolute Gasteiger partial charge is 0.313 e. The topological polar surface area (TPSA) is 12.0 Å². The molecule has 102 valence electrons. The fourth-order valence-electron chi connectivity index (χ4n) is 3.32. The molecule has 0 bridgehead atoms. The van der Waals surface area contributed by atoms with Crippen LogP contribution in [0.3, 0.4) is 0 Å². The van der Waals surface area contributed by atoms with Crippen molar-refractivity contribution in [3.63, 3.8) is 0 Å². The van der Waals surface area contributed by atoms with Gasteiger partial charge in [-0.05, 0) is 37.6 Å². The van der Waals surface area contributed by atoms with E-state index in [0.717, 1.165) is 6.04 Å². The van der Waals surface area contributed by atoms with E-state index >= 15 is 0 Å². The van der Waals surface area contributed by atoms with Gasteiger partial charge in [-0.25, -0.2) is 0 Å². The predicted octanol–water partition coefficient (Wildman–Crippen LogP) is 4.91. The molecule has 0 aliphatic heterocycles. The zero-order chi connectivity index (χ0) is 12.6. The average molecular weight is 239 g/mol. The number of nitrogens with one attached hydrogen (secondary N) is 1. The van der Waals surface area contributed by atoms with Gasteiger partial charge >= 0.3 is 0 Å². The quantitative estimate of drug-likeness (QED) is 0.564. The van der Waals surface area contributed by atoms with Crippen LogP contribution in [-0.2, 0) is 0 Å². The molecular weight excluding hydrogens is 206 g/mol. The maximum absolute atomic E-state index is 3.83. The van der Waals surface area contributed by atoms with E-state index in [4.69, 9.17) is 0 Å². The van der Waals surface area contributed by atoms with Crippen LogP contribution in [0.2, 0.25) is 0 Å². The zero-order valence-electron chi connectivity index (χ0n) is 12.4. The fourth-order valence-corrected chi connectivity index (χ4v) is 3.32. The van der Waals surface area contributed by atoms with Gasteiger partial charge in [-0.3, -0.25) is 0 Å². The third kappa shape index (κ3) is 4.99. The highest BCUT2D eigenvalue weighted by Crippen LogP contribution is 2.42. The predicted molar refractivity (Wildman–Crippen MR) is 77.4 cm³/mol. The lowest BCUT2D eigenvalue weighted by Gasteiger charge is -2.35. The molecule has 1 heteroatoms. The van der Waals surface area contributed by atoms with E-state index in [2.05, 4.69) is 26.1 Å². The molecule has 1 aliphatic carbocycles. The molecule has 0 heterocycles. The van der Waals surface area contributed by atoms with Gasteiger partial charge in [0, 0.05) is 6.04 Å². The van der Waals surface area contributed by atoms with Crippen LogP contribution in [0.5, 0.6) is 0 Å². The van der Waals surface area contributed by atoms with E-state index in [1.54, 1.807) is 0 Å². The standard InChI is InChI=1S/C16H33N/c1-4-6-7-8-11-15(17-14-5-2)16(3)12-9-10-13-16/h15,17H,4-14H2,1-3H3. The summed E-state index contributed by atoms with van der Waals surface area (Å²) in [4.78, 5) is 0. The summed E-state index contributed by atoms with van der Waals surface area (Å²) in [5, 5.41) is 3.83. The van der Waals surface area contributed by atoms with Gasteiger partial charge in [-0.1, -0.05) is 59.3 Å². The Labute approximate surface area is 109 Å². The van der Waals surface area contributed by atoms with Crippen LogP contribution in [0.25, 0.3) is 0 Å². The Morgan fingerprint density at radius 3 is 2.29 bits per heavy atom. The minimum atomic E-state index is 0.599. The molecule has 0 amide bonds. The fraction of sp³-hybridized carbons (Fsp3) is 1.00. The summed E-state index contributed by atoms with van der Waals surface area (Å²) >= 11 is 0. The van der Waals surface area contributed by atoms with Gasteiger partial charge in [-0.15, -0.1) is 0 Å². The lowest BCUT2D eigenvalue weighted by atomic mass is 9.78. The number of hydrogen-bond acceptors (Lipinski definition) is 1. The van der Waals surface area contributed by atoms with Crippen LogP contribution in [-0.4, -0.2) is 12.6 Å². The molecule has 17 heavy (non-hydrogen) atoms. The van der Waals surface area contributed by atoms with Crippen molar-refractivity contribution in [3.05, 3.63) is 0 Å². The van der Waals surface area contributed by atoms with E-state index in [0.29, 0.717) is 5.41 Å². The van der Waals surface area contributed by atoms with Crippen molar-refractivity contribution < 1.29 is 0 Å². The van der Waals surface area contributed by atoms with E-state index in [9.17, 15) is 0 Å². The van der Waals surface area contributed by atoms with Crippen LogP contribution in [0, 0.1) is 5.41 Å². The minimum Gasteiger partial charge on any atom is -0.313 e. The molecule has 1 atom stereocenters. The van der Waals surface area contributed by atoms with Gasteiger partial charge in [0.05, 0.1) is 0 Å². The molecule has 0 spiro atoms. The molecule has 1 aliphatic rings. The summed E-state index contributed by atoms with van der Waals surface area (Å²) < 4.78 is 0. The van der Waals surface area contributed by atoms with Crippen LogP contribution >= 0.6 is 0 Å². The molecule has 1 unspecified atom stereocenters. The first-order chi connectivity index (χ1) is 8.23. The number of unbranched alkanes of at least 4 members (excludes halogenated alkanes) is 3. The molecular formula is C16H33N. The van der Waals surface area contributed by atoms with Crippen LogP contribution in [0.1, 0.15) is 85.0 Å². The lowest BCUT2D eigenvalue weighted by molar-refractivity contribution is 0.206. The van der Waals surface area contributed by atoms with E-state index in [1.807, 2.05) is 0 Å². The van der Waals surface area contributed by atoms with Crippen molar-refractivity contribution in [3.8, 4) is 0 Å². The van der Waals surface area contributed by atoms with Crippen LogP contribution in [0.4, 0.5) is 0 Å². The number of hydrogen-bond donors (Lipinski definition) is 1. The zero-order valence-corrected chi connectivity index (χ0v) is 12.4. The molecule has 0 radical (unpaired) electrons. The van der Waals surface area contributed by atoms with Crippen LogP contribution in [0.15, 0.2) is 0 Å². The molecule has 0 saturated heterocycles. The van der Waals surface area contributed by atoms with Gasteiger partial charge < -0.3 is 5.32 Å². The third-order valence-corrected chi connectivity index (χ3v) is 4.57. The van der Waals surface area contributed by atoms with E-state index in [-0.39, 0.29) is 0 Å². The molecule has 1 rings (SSSR count). The van der Waals surface area contributed by atoms with Crippen molar-refractivity contribution in [2.24, 2.45) is 5.41 Å². The van der Waals surface area contributed by atoms with Crippen LogP contribution < -0.4 is 5.32 Å². The first-order valence-electron chi connectivity index (χ1n) is 7.96. The van der Waals surface area contributed by atoms with Gasteiger partial charge in [0.2, 0.25) is 0 Å². The summed E-state index contributed by atoms with van der Waals surface area (Å²) in [7, 11) is 0. The average Bonchev–Trinajstić information content (AvgIpc) is 2.76. The van der Waals surface area contributed by atoms with Gasteiger partial charge in [0.25, 0.3) is 0 Å². The third-order valence-electron chi connectivity index (χ3n) is 4.57. The first-order valence-corrected chi connectivity index (χ1v) is 7.96. The second kappa shape index (κ2) is 8.13. The molecule has 0 aromatic heterocycles. The molecule has 1 N–H and O–H groups in total. The highest BCUT2D eigenvalue weighted by molar-refractivity contribution is 4.91. The van der Waals surface area contributed by atoms with Crippen molar-refractivity contribution >= 4 is 0 Å². The molecule has 1 saturated carbocycles. The molecule has 0 aromatic carbocycles. The Morgan fingerprint density at radius 2 is 1.71 bits per heavy atom. The summed E-state index contributed by atoms with van der Waals surface area (Å²) in [5.74, 6) is 0. The monoisotopic (exact) mass is 239 g/mol. The Hall–Kier alpha value is -0.0400. The highest BCUT2D eigenvalue weighted by atomic mass is 14.9.